The summed E-state index contributed by atoms with van der Waals surface area (Å²) in [6.07, 6.45) is 5.47. The maximum atomic E-state index is 11.9. The summed E-state index contributed by atoms with van der Waals surface area (Å²) in [5.41, 5.74) is 0. The van der Waals surface area contributed by atoms with Crippen LogP contribution in [0.25, 0.3) is 0 Å². The van der Waals surface area contributed by atoms with Crippen LogP contribution in [0.4, 0.5) is 0 Å². The zero-order valence-corrected chi connectivity index (χ0v) is 13.6. The number of esters is 1. The fraction of sp³-hybridized carbons (Fsp3) is 0.733. The number of hydrogen-bond acceptors (Lipinski definition) is 5. The predicted molar refractivity (Wildman–Crippen MR) is 82.9 cm³/mol. The summed E-state index contributed by atoms with van der Waals surface area (Å²) in [6, 6.07) is -0.228. The SMILES string of the molecule is CCCNC(CCN(C)Cc1nccn1C)C(=O)OCC. The predicted octanol–water partition coefficient (Wildman–Crippen LogP) is 1.17. The second-order valence-corrected chi connectivity index (χ2v) is 5.24. The molecule has 0 bridgehead atoms. The van der Waals surface area contributed by atoms with Crippen LogP contribution < -0.4 is 5.32 Å². The molecule has 1 rings (SSSR count). The average molecular weight is 296 g/mol. The van der Waals surface area contributed by atoms with Gasteiger partial charge in [0.2, 0.25) is 0 Å². The minimum absolute atomic E-state index is 0.156. The van der Waals surface area contributed by atoms with Crippen molar-refractivity contribution in [2.24, 2.45) is 7.05 Å². The molecule has 21 heavy (non-hydrogen) atoms. The third-order valence-corrected chi connectivity index (χ3v) is 3.34. The van der Waals surface area contributed by atoms with E-state index in [1.807, 2.05) is 31.8 Å². The quantitative estimate of drug-likeness (QED) is 0.657. The summed E-state index contributed by atoms with van der Waals surface area (Å²) in [4.78, 5) is 18.4. The molecule has 0 amide bonds. The molecule has 0 aliphatic heterocycles. The second-order valence-electron chi connectivity index (χ2n) is 5.24. The summed E-state index contributed by atoms with van der Waals surface area (Å²) in [5, 5.41) is 3.26. The molecule has 6 heteroatoms. The Morgan fingerprint density at radius 1 is 1.52 bits per heavy atom. The number of imidazole rings is 1. The third-order valence-electron chi connectivity index (χ3n) is 3.34. The number of aryl methyl sites for hydroxylation is 1. The van der Waals surface area contributed by atoms with Crippen LogP contribution in [-0.2, 0) is 23.1 Å². The molecular formula is C15H28N4O2. The fourth-order valence-corrected chi connectivity index (χ4v) is 2.08. The van der Waals surface area contributed by atoms with E-state index in [-0.39, 0.29) is 12.0 Å². The maximum absolute atomic E-state index is 11.9. The Morgan fingerprint density at radius 3 is 2.86 bits per heavy atom. The average Bonchev–Trinajstić information content (AvgIpc) is 2.84. The van der Waals surface area contributed by atoms with Crippen molar-refractivity contribution in [3.63, 3.8) is 0 Å². The molecule has 0 spiro atoms. The van der Waals surface area contributed by atoms with Crippen LogP contribution in [0.3, 0.4) is 0 Å². The largest absolute Gasteiger partial charge is 0.465 e. The van der Waals surface area contributed by atoms with Gasteiger partial charge < -0.3 is 14.6 Å². The lowest BCUT2D eigenvalue weighted by molar-refractivity contribution is -0.145. The number of nitrogens with one attached hydrogen (secondary N) is 1. The molecule has 0 fully saturated rings. The lowest BCUT2D eigenvalue weighted by Gasteiger charge is -2.21. The van der Waals surface area contributed by atoms with Crippen molar-refractivity contribution in [1.82, 2.24) is 19.8 Å². The normalized spacial score (nSPS) is 12.6. The molecule has 1 unspecified atom stereocenters. The molecule has 120 valence electrons. The molecular weight excluding hydrogens is 268 g/mol. The highest BCUT2D eigenvalue weighted by atomic mass is 16.5. The van der Waals surface area contributed by atoms with Crippen molar-refractivity contribution < 1.29 is 9.53 Å². The van der Waals surface area contributed by atoms with Gasteiger partial charge in [-0.2, -0.15) is 0 Å². The molecule has 1 atom stereocenters. The van der Waals surface area contributed by atoms with E-state index in [0.29, 0.717) is 6.61 Å². The Balaban J connectivity index is 2.43. The molecule has 0 aliphatic rings. The molecule has 1 aromatic heterocycles. The van der Waals surface area contributed by atoms with E-state index in [9.17, 15) is 4.79 Å². The van der Waals surface area contributed by atoms with Gasteiger partial charge in [-0.25, -0.2) is 4.98 Å². The van der Waals surface area contributed by atoms with Gasteiger partial charge in [0, 0.05) is 26.0 Å². The molecule has 0 radical (unpaired) electrons. The van der Waals surface area contributed by atoms with Gasteiger partial charge in [-0.05, 0) is 33.4 Å². The number of aromatic nitrogens is 2. The maximum Gasteiger partial charge on any atom is 0.323 e. The van der Waals surface area contributed by atoms with Gasteiger partial charge in [0.1, 0.15) is 11.9 Å². The first-order chi connectivity index (χ1) is 10.1. The van der Waals surface area contributed by atoms with Gasteiger partial charge >= 0.3 is 5.97 Å². The first kappa shape index (κ1) is 17.7. The number of carbonyl (C=O) groups excluding carboxylic acids is 1. The van der Waals surface area contributed by atoms with Gasteiger partial charge in [0.25, 0.3) is 0 Å². The first-order valence-electron chi connectivity index (χ1n) is 7.63. The van der Waals surface area contributed by atoms with Crippen molar-refractivity contribution in [2.75, 3.05) is 26.7 Å². The Bertz CT molecular complexity index is 420. The van der Waals surface area contributed by atoms with Crippen LogP contribution in [-0.4, -0.2) is 53.2 Å². The van der Waals surface area contributed by atoms with E-state index in [1.54, 1.807) is 6.20 Å². The molecule has 1 aromatic rings. The number of rotatable bonds is 10. The van der Waals surface area contributed by atoms with Crippen LogP contribution in [0.15, 0.2) is 12.4 Å². The zero-order valence-electron chi connectivity index (χ0n) is 13.6. The highest BCUT2D eigenvalue weighted by Gasteiger charge is 2.19. The Labute approximate surface area is 127 Å². The Hall–Kier alpha value is -1.40. The van der Waals surface area contributed by atoms with Crippen molar-refractivity contribution in [3.05, 3.63) is 18.2 Å². The molecule has 0 saturated carbocycles. The Kier molecular flexibility index (Phi) is 8.00. The van der Waals surface area contributed by atoms with E-state index in [2.05, 4.69) is 22.1 Å². The van der Waals surface area contributed by atoms with Crippen LogP contribution in [0.2, 0.25) is 0 Å². The van der Waals surface area contributed by atoms with E-state index < -0.39 is 0 Å². The van der Waals surface area contributed by atoms with E-state index in [4.69, 9.17) is 4.74 Å². The van der Waals surface area contributed by atoms with Gasteiger partial charge in [-0.15, -0.1) is 0 Å². The fourth-order valence-electron chi connectivity index (χ4n) is 2.08. The summed E-state index contributed by atoms with van der Waals surface area (Å²) >= 11 is 0. The monoisotopic (exact) mass is 296 g/mol. The molecule has 6 nitrogen and oxygen atoms in total. The standard InChI is InChI=1S/C15H28N4O2/c1-5-8-16-13(15(20)21-6-2)7-10-18(3)12-14-17-9-11-19(14)4/h9,11,13,16H,5-8,10,12H2,1-4H3. The minimum atomic E-state index is -0.228. The molecule has 1 heterocycles. The lowest BCUT2D eigenvalue weighted by atomic mass is 10.2. The summed E-state index contributed by atoms with van der Waals surface area (Å²) < 4.78 is 7.13. The number of ether oxygens (including phenoxy) is 1. The smallest absolute Gasteiger partial charge is 0.323 e. The van der Waals surface area contributed by atoms with Gasteiger partial charge in [-0.3, -0.25) is 9.69 Å². The van der Waals surface area contributed by atoms with Crippen molar-refractivity contribution in [2.45, 2.75) is 39.3 Å². The second kappa shape index (κ2) is 9.52. The Morgan fingerprint density at radius 2 is 2.29 bits per heavy atom. The minimum Gasteiger partial charge on any atom is -0.465 e. The molecule has 0 saturated heterocycles. The van der Waals surface area contributed by atoms with Crippen LogP contribution >= 0.6 is 0 Å². The van der Waals surface area contributed by atoms with Gasteiger partial charge in [0.15, 0.2) is 0 Å². The van der Waals surface area contributed by atoms with Crippen LogP contribution in [0, 0.1) is 0 Å². The van der Waals surface area contributed by atoms with E-state index in [1.165, 1.54) is 0 Å². The molecule has 0 aromatic carbocycles. The van der Waals surface area contributed by atoms with Gasteiger partial charge in [0.05, 0.1) is 13.2 Å². The highest BCUT2D eigenvalue weighted by Crippen LogP contribution is 2.03. The number of nitrogens with zero attached hydrogens (tertiary/aromatic N) is 3. The zero-order chi connectivity index (χ0) is 15.7. The van der Waals surface area contributed by atoms with Crippen LogP contribution in [0.5, 0.6) is 0 Å². The number of hydrogen-bond donors (Lipinski definition) is 1. The van der Waals surface area contributed by atoms with Crippen molar-refractivity contribution >= 4 is 5.97 Å². The lowest BCUT2D eigenvalue weighted by Crippen LogP contribution is -2.41. The highest BCUT2D eigenvalue weighted by molar-refractivity contribution is 5.75. The number of carbonyl (C=O) groups is 1. The third kappa shape index (κ3) is 6.27. The van der Waals surface area contributed by atoms with E-state index >= 15 is 0 Å². The van der Waals surface area contributed by atoms with Crippen molar-refractivity contribution in [3.8, 4) is 0 Å². The molecule has 0 aliphatic carbocycles. The summed E-state index contributed by atoms with van der Waals surface area (Å²) in [6.45, 7) is 6.75. The van der Waals surface area contributed by atoms with E-state index in [0.717, 1.165) is 38.3 Å². The van der Waals surface area contributed by atoms with Crippen molar-refractivity contribution in [1.29, 1.82) is 0 Å². The molecule has 1 N–H and O–H groups in total. The van der Waals surface area contributed by atoms with Gasteiger partial charge in [-0.1, -0.05) is 6.92 Å². The first-order valence-corrected chi connectivity index (χ1v) is 7.63. The summed E-state index contributed by atoms with van der Waals surface area (Å²) in [7, 11) is 4.02. The summed E-state index contributed by atoms with van der Waals surface area (Å²) in [5.74, 6) is 0.864. The van der Waals surface area contributed by atoms with Crippen LogP contribution in [0.1, 0.15) is 32.5 Å². The topological polar surface area (TPSA) is 59.4 Å².